The number of benzene rings is 2. The van der Waals surface area contributed by atoms with Gasteiger partial charge in [0, 0.05) is 12.2 Å². The molecule has 0 saturated carbocycles. The van der Waals surface area contributed by atoms with Crippen LogP contribution in [0, 0.1) is 12.7 Å². The van der Waals surface area contributed by atoms with Crippen molar-refractivity contribution in [2.24, 2.45) is 0 Å². The van der Waals surface area contributed by atoms with E-state index in [2.05, 4.69) is 10.6 Å². The zero-order chi connectivity index (χ0) is 14.4. The van der Waals surface area contributed by atoms with Crippen LogP contribution in [0.3, 0.4) is 0 Å². The van der Waals surface area contributed by atoms with Crippen molar-refractivity contribution < 1.29 is 9.18 Å². The van der Waals surface area contributed by atoms with Crippen LogP contribution in [0.1, 0.15) is 11.1 Å². The van der Waals surface area contributed by atoms with Crippen molar-refractivity contribution in [2.45, 2.75) is 13.3 Å². The molecule has 2 amide bonds. The first kappa shape index (κ1) is 14.1. The number of amides is 2. The number of rotatable bonds is 4. The zero-order valence-corrected chi connectivity index (χ0v) is 11.3. The predicted octanol–water partition coefficient (Wildman–Crippen LogP) is 3.50. The second kappa shape index (κ2) is 6.70. The topological polar surface area (TPSA) is 41.1 Å². The number of hydrogen-bond donors (Lipinski definition) is 2. The minimum atomic E-state index is -0.259. The summed E-state index contributed by atoms with van der Waals surface area (Å²) < 4.78 is 13.0. The molecule has 0 aliphatic heterocycles. The Kier molecular flexibility index (Phi) is 4.71. The molecular formula is C16H17FN2O. The first-order valence-electron chi connectivity index (χ1n) is 6.49. The number of anilines is 1. The highest BCUT2D eigenvalue weighted by atomic mass is 19.1. The Balaban J connectivity index is 1.76. The largest absolute Gasteiger partial charge is 0.338 e. The maximum Gasteiger partial charge on any atom is 0.319 e. The average molecular weight is 272 g/mol. The number of carbonyl (C=O) groups excluding carboxylic acids is 1. The second-order valence-electron chi connectivity index (χ2n) is 4.63. The molecule has 0 aliphatic carbocycles. The van der Waals surface area contributed by atoms with E-state index in [-0.39, 0.29) is 11.8 Å². The van der Waals surface area contributed by atoms with E-state index in [1.807, 2.05) is 37.3 Å². The molecule has 2 N–H and O–H groups in total. The van der Waals surface area contributed by atoms with E-state index < -0.39 is 0 Å². The van der Waals surface area contributed by atoms with Crippen molar-refractivity contribution in [1.82, 2.24) is 5.32 Å². The number of halogens is 1. The predicted molar refractivity (Wildman–Crippen MR) is 78.3 cm³/mol. The fraction of sp³-hybridized carbons (Fsp3) is 0.188. The molecular weight excluding hydrogens is 255 g/mol. The van der Waals surface area contributed by atoms with Gasteiger partial charge in [-0.1, -0.05) is 29.8 Å². The van der Waals surface area contributed by atoms with E-state index in [0.29, 0.717) is 13.0 Å². The Hall–Kier alpha value is -2.36. The zero-order valence-electron chi connectivity index (χ0n) is 11.3. The van der Waals surface area contributed by atoms with Gasteiger partial charge in [0.25, 0.3) is 0 Å². The van der Waals surface area contributed by atoms with Crippen LogP contribution in [0.5, 0.6) is 0 Å². The van der Waals surface area contributed by atoms with Crippen LogP contribution in [0.2, 0.25) is 0 Å². The average Bonchev–Trinajstić information content (AvgIpc) is 2.41. The van der Waals surface area contributed by atoms with Gasteiger partial charge in [0.05, 0.1) is 0 Å². The van der Waals surface area contributed by atoms with E-state index in [9.17, 15) is 9.18 Å². The minimum Gasteiger partial charge on any atom is -0.338 e. The molecule has 3 nitrogen and oxygen atoms in total. The number of aryl methyl sites for hydroxylation is 1. The van der Waals surface area contributed by atoms with Crippen LogP contribution in [0.4, 0.5) is 14.9 Å². The molecule has 0 radical (unpaired) electrons. The molecule has 0 saturated heterocycles. The third-order valence-corrected chi connectivity index (χ3v) is 2.90. The van der Waals surface area contributed by atoms with Crippen LogP contribution in [-0.4, -0.2) is 12.6 Å². The number of nitrogens with one attached hydrogen (secondary N) is 2. The smallest absolute Gasteiger partial charge is 0.319 e. The van der Waals surface area contributed by atoms with Gasteiger partial charge in [-0.15, -0.1) is 0 Å². The van der Waals surface area contributed by atoms with E-state index in [4.69, 9.17) is 0 Å². The molecule has 0 spiro atoms. The highest BCUT2D eigenvalue weighted by Crippen LogP contribution is 2.08. The van der Waals surface area contributed by atoms with Crippen molar-refractivity contribution in [2.75, 3.05) is 11.9 Å². The Morgan fingerprint density at radius 2 is 1.90 bits per heavy atom. The lowest BCUT2D eigenvalue weighted by Gasteiger charge is -2.08. The highest BCUT2D eigenvalue weighted by molar-refractivity contribution is 5.89. The lowest BCUT2D eigenvalue weighted by molar-refractivity contribution is 0.252. The maximum absolute atomic E-state index is 13.0. The van der Waals surface area contributed by atoms with Gasteiger partial charge < -0.3 is 10.6 Å². The first-order chi connectivity index (χ1) is 9.63. The summed E-state index contributed by atoms with van der Waals surface area (Å²) in [7, 11) is 0. The van der Waals surface area contributed by atoms with Crippen LogP contribution >= 0.6 is 0 Å². The third-order valence-electron chi connectivity index (χ3n) is 2.90. The van der Waals surface area contributed by atoms with Crippen molar-refractivity contribution in [1.29, 1.82) is 0 Å². The van der Waals surface area contributed by atoms with E-state index in [1.165, 1.54) is 12.1 Å². The van der Waals surface area contributed by atoms with E-state index >= 15 is 0 Å². The molecule has 20 heavy (non-hydrogen) atoms. The van der Waals surface area contributed by atoms with Gasteiger partial charge in [0.15, 0.2) is 0 Å². The van der Waals surface area contributed by atoms with Gasteiger partial charge in [-0.05, 0) is 43.2 Å². The molecule has 0 fully saturated rings. The molecule has 2 rings (SSSR count). The molecule has 0 atom stereocenters. The Labute approximate surface area is 117 Å². The Bertz CT molecular complexity index is 581. The summed E-state index contributed by atoms with van der Waals surface area (Å²) in [4.78, 5) is 11.7. The molecule has 4 heteroatoms. The lowest BCUT2D eigenvalue weighted by atomic mass is 10.1. The fourth-order valence-electron chi connectivity index (χ4n) is 1.83. The van der Waals surface area contributed by atoms with Crippen LogP contribution in [0.15, 0.2) is 48.5 Å². The molecule has 0 heterocycles. The van der Waals surface area contributed by atoms with Crippen molar-refractivity contribution in [3.8, 4) is 0 Å². The summed E-state index contributed by atoms with van der Waals surface area (Å²) in [6, 6.07) is 13.7. The summed E-state index contributed by atoms with van der Waals surface area (Å²) in [5.74, 6) is -0.258. The maximum atomic E-state index is 13.0. The molecule has 2 aromatic rings. The number of carbonyl (C=O) groups is 1. The quantitative estimate of drug-likeness (QED) is 0.878. The van der Waals surface area contributed by atoms with Crippen LogP contribution in [-0.2, 0) is 6.42 Å². The van der Waals surface area contributed by atoms with Crippen LogP contribution < -0.4 is 10.6 Å². The monoisotopic (exact) mass is 272 g/mol. The van der Waals surface area contributed by atoms with Gasteiger partial charge in [0.2, 0.25) is 0 Å². The second-order valence-corrected chi connectivity index (χ2v) is 4.63. The first-order valence-corrected chi connectivity index (χ1v) is 6.49. The van der Waals surface area contributed by atoms with E-state index in [1.54, 1.807) is 6.07 Å². The SMILES string of the molecule is Cc1ccc(NC(=O)NCCc2cccc(F)c2)cc1. The fourth-order valence-corrected chi connectivity index (χ4v) is 1.83. The molecule has 2 aromatic carbocycles. The van der Waals surface area contributed by atoms with Crippen LogP contribution in [0.25, 0.3) is 0 Å². The van der Waals surface area contributed by atoms with Crippen molar-refractivity contribution in [3.05, 3.63) is 65.5 Å². The molecule has 0 aromatic heterocycles. The summed E-state index contributed by atoms with van der Waals surface area (Å²) in [6.45, 7) is 2.45. The van der Waals surface area contributed by atoms with Crippen molar-refractivity contribution in [3.63, 3.8) is 0 Å². The summed E-state index contributed by atoms with van der Waals surface area (Å²) in [6.07, 6.45) is 0.596. The Morgan fingerprint density at radius 1 is 1.15 bits per heavy atom. The third kappa shape index (κ3) is 4.39. The summed E-state index contributed by atoms with van der Waals surface area (Å²) in [5.41, 5.74) is 2.75. The van der Waals surface area contributed by atoms with E-state index in [0.717, 1.165) is 16.8 Å². The number of urea groups is 1. The van der Waals surface area contributed by atoms with Crippen molar-refractivity contribution >= 4 is 11.7 Å². The molecule has 0 aliphatic rings. The Morgan fingerprint density at radius 3 is 2.60 bits per heavy atom. The lowest BCUT2D eigenvalue weighted by Crippen LogP contribution is -2.30. The summed E-state index contributed by atoms with van der Waals surface area (Å²) in [5, 5.41) is 5.48. The highest BCUT2D eigenvalue weighted by Gasteiger charge is 2.01. The summed E-state index contributed by atoms with van der Waals surface area (Å²) >= 11 is 0. The molecule has 0 unspecified atom stereocenters. The molecule has 104 valence electrons. The standard InChI is InChI=1S/C16H17FN2O/c1-12-5-7-15(8-6-12)19-16(20)18-10-9-13-3-2-4-14(17)11-13/h2-8,11H,9-10H2,1H3,(H2,18,19,20). The van der Waals surface area contributed by atoms with Gasteiger partial charge in [-0.3, -0.25) is 0 Å². The number of hydrogen-bond acceptors (Lipinski definition) is 1. The normalized spacial score (nSPS) is 10.1. The van der Waals surface area contributed by atoms with Gasteiger partial charge >= 0.3 is 6.03 Å². The molecule has 0 bridgehead atoms. The van der Waals surface area contributed by atoms with Gasteiger partial charge in [-0.2, -0.15) is 0 Å². The van der Waals surface area contributed by atoms with Gasteiger partial charge in [-0.25, -0.2) is 9.18 Å². The van der Waals surface area contributed by atoms with Gasteiger partial charge in [0.1, 0.15) is 5.82 Å². The minimum absolute atomic E-state index is 0.258.